The summed E-state index contributed by atoms with van der Waals surface area (Å²) in [7, 11) is 0. The Bertz CT molecular complexity index is 422. The first-order valence-corrected chi connectivity index (χ1v) is 7.46. The van der Waals surface area contributed by atoms with E-state index in [4.69, 9.17) is 0 Å². The fraction of sp³-hybridized carbons (Fsp3) is 0.500. The summed E-state index contributed by atoms with van der Waals surface area (Å²) in [4.78, 5) is 11.3. The molecule has 0 bridgehead atoms. The van der Waals surface area contributed by atoms with E-state index >= 15 is 0 Å². The van der Waals surface area contributed by atoms with Crippen LogP contribution in [-0.4, -0.2) is 17.1 Å². The van der Waals surface area contributed by atoms with Gasteiger partial charge in [0.05, 0.1) is 5.92 Å². The molecule has 1 aliphatic carbocycles. The highest BCUT2D eigenvalue weighted by Gasteiger charge is 2.29. The molecule has 1 aromatic rings. The van der Waals surface area contributed by atoms with Gasteiger partial charge in [-0.25, -0.2) is 5.43 Å². The number of carbonyl (C=O) groups is 1. The maximum atomic E-state index is 11.3. The average molecular weight is 327 g/mol. The summed E-state index contributed by atoms with van der Waals surface area (Å²) in [5, 5.41) is 9.29. The van der Waals surface area contributed by atoms with E-state index in [9.17, 15) is 9.90 Å². The molecule has 4 nitrogen and oxygen atoms in total. The normalized spacial score (nSPS) is 23.6. The first-order valence-electron chi connectivity index (χ1n) is 6.67. The van der Waals surface area contributed by atoms with Crippen molar-refractivity contribution in [1.29, 1.82) is 0 Å². The first-order chi connectivity index (χ1) is 9.16. The third-order valence-electron chi connectivity index (χ3n) is 3.58. The first kappa shape index (κ1) is 14.3. The molecule has 0 spiro atoms. The van der Waals surface area contributed by atoms with E-state index in [2.05, 4.69) is 26.8 Å². The van der Waals surface area contributed by atoms with Crippen LogP contribution in [0.4, 0.5) is 5.69 Å². The average Bonchev–Trinajstić information content (AvgIpc) is 2.63. The minimum Gasteiger partial charge on any atom is -0.481 e. The van der Waals surface area contributed by atoms with Crippen LogP contribution in [0.2, 0.25) is 0 Å². The van der Waals surface area contributed by atoms with E-state index in [0.29, 0.717) is 0 Å². The van der Waals surface area contributed by atoms with Gasteiger partial charge in [0, 0.05) is 16.2 Å². The third kappa shape index (κ3) is 4.21. The quantitative estimate of drug-likeness (QED) is 0.586. The summed E-state index contributed by atoms with van der Waals surface area (Å²) in [6, 6.07) is 7.79. The van der Waals surface area contributed by atoms with Gasteiger partial charge in [-0.1, -0.05) is 35.2 Å². The van der Waals surface area contributed by atoms with E-state index in [1.165, 1.54) is 0 Å². The molecule has 1 aliphatic rings. The lowest BCUT2D eigenvalue weighted by Crippen LogP contribution is -2.42. The Morgan fingerprint density at radius 1 is 1.16 bits per heavy atom. The van der Waals surface area contributed by atoms with Crippen molar-refractivity contribution >= 4 is 27.6 Å². The van der Waals surface area contributed by atoms with E-state index < -0.39 is 5.97 Å². The fourth-order valence-corrected chi connectivity index (χ4v) is 2.75. The lowest BCUT2D eigenvalue weighted by molar-refractivity contribution is -0.142. The summed E-state index contributed by atoms with van der Waals surface area (Å²) in [6.07, 6.45) is 4.88. The SMILES string of the molecule is O=C(O)C1CCCCCC1NNc1ccc(Br)cc1. The van der Waals surface area contributed by atoms with Crippen molar-refractivity contribution in [3.8, 4) is 0 Å². The van der Waals surface area contributed by atoms with Crippen molar-refractivity contribution in [3.63, 3.8) is 0 Å². The van der Waals surface area contributed by atoms with Crippen molar-refractivity contribution in [1.82, 2.24) is 5.43 Å². The van der Waals surface area contributed by atoms with Crippen molar-refractivity contribution in [3.05, 3.63) is 28.7 Å². The molecular formula is C14H19BrN2O2. The van der Waals surface area contributed by atoms with Gasteiger partial charge in [0.1, 0.15) is 0 Å². The number of hydrogen-bond acceptors (Lipinski definition) is 3. The number of nitrogens with one attached hydrogen (secondary N) is 2. The van der Waals surface area contributed by atoms with Crippen LogP contribution < -0.4 is 10.9 Å². The second-order valence-electron chi connectivity index (χ2n) is 4.97. The Balaban J connectivity index is 1.95. The topological polar surface area (TPSA) is 61.4 Å². The molecule has 2 rings (SSSR count). The number of hydrazine groups is 1. The van der Waals surface area contributed by atoms with E-state index in [1.54, 1.807) is 0 Å². The molecule has 2 atom stereocenters. The van der Waals surface area contributed by atoms with Gasteiger partial charge >= 0.3 is 5.97 Å². The highest BCUT2D eigenvalue weighted by atomic mass is 79.9. The highest BCUT2D eigenvalue weighted by Crippen LogP contribution is 2.24. The molecule has 3 N–H and O–H groups in total. The van der Waals surface area contributed by atoms with Gasteiger partial charge in [-0.3, -0.25) is 4.79 Å². The van der Waals surface area contributed by atoms with Crippen LogP contribution >= 0.6 is 15.9 Å². The predicted molar refractivity (Wildman–Crippen MR) is 78.9 cm³/mol. The number of aliphatic carboxylic acids is 1. The Labute approximate surface area is 121 Å². The number of rotatable bonds is 4. The van der Waals surface area contributed by atoms with Crippen LogP contribution in [0.25, 0.3) is 0 Å². The van der Waals surface area contributed by atoms with Crippen LogP contribution in [0.1, 0.15) is 32.1 Å². The van der Waals surface area contributed by atoms with Gasteiger partial charge in [0.2, 0.25) is 0 Å². The number of carboxylic acid groups (broad SMARTS) is 1. The lowest BCUT2D eigenvalue weighted by atomic mass is 9.95. The van der Waals surface area contributed by atoms with Gasteiger partial charge in [0.15, 0.2) is 0 Å². The van der Waals surface area contributed by atoms with Crippen LogP contribution in [0.5, 0.6) is 0 Å². The smallest absolute Gasteiger partial charge is 0.308 e. The van der Waals surface area contributed by atoms with Crippen LogP contribution in [0.3, 0.4) is 0 Å². The van der Waals surface area contributed by atoms with E-state index in [-0.39, 0.29) is 12.0 Å². The lowest BCUT2D eigenvalue weighted by Gasteiger charge is -2.23. The molecule has 5 heteroatoms. The zero-order valence-corrected chi connectivity index (χ0v) is 12.3. The Hall–Kier alpha value is -1.07. The highest BCUT2D eigenvalue weighted by molar-refractivity contribution is 9.10. The largest absolute Gasteiger partial charge is 0.481 e. The molecule has 19 heavy (non-hydrogen) atoms. The van der Waals surface area contributed by atoms with Gasteiger partial charge in [-0.05, 0) is 37.1 Å². The van der Waals surface area contributed by atoms with Crippen molar-refractivity contribution < 1.29 is 9.90 Å². The zero-order valence-electron chi connectivity index (χ0n) is 10.7. The van der Waals surface area contributed by atoms with Gasteiger partial charge in [-0.15, -0.1) is 0 Å². The van der Waals surface area contributed by atoms with E-state index in [1.807, 2.05) is 24.3 Å². The zero-order chi connectivity index (χ0) is 13.7. The molecule has 104 valence electrons. The molecule has 0 aliphatic heterocycles. The second-order valence-corrected chi connectivity index (χ2v) is 5.88. The van der Waals surface area contributed by atoms with Crippen LogP contribution in [-0.2, 0) is 4.79 Å². The van der Waals surface area contributed by atoms with Crippen molar-refractivity contribution in [2.24, 2.45) is 5.92 Å². The number of halogens is 1. The van der Waals surface area contributed by atoms with Crippen LogP contribution in [0, 0.1) is 5.92 Å². The van der Waals surface area contributed by atoms with Gasteiger partial charge < -0.3 is 10.5 Å². The second kappa shape index (κ2) is 6.91. The minimum absolute atomic E-state index is 0.0105. The predicted octanol–water partition coefficient (Wildman–Crippen LogP) is 3.40. The molecule has 0 saturated heterocycles. The number of anilines is 1. The Kier molecular flexibility index (Phi) is 5.22. The molecule has 0 amide bonds. The minimum atomic E-state index is -0.697. The van der Waals surface area contributed by atoms with Gasteiger partial charge in [-0.2, -0.15) is 0 Å². The number of benzene rings is 1. The summed E-state index contributed by atoms with van der Waals surface area (Å²) in [5.74, 6) is -0.998. The summed E-state index contributed by atoms with van der Waals surface area (Å²) in [5.41, 5.74) is 7.24. The molecule has 0 heterocycles. The molecule has 0 aromatic heterocycles. The third-order valence-corrected chi connectivity index (χ3v) is 4.11. The Morgan fingerprint density at radius 3 is 2.53 bits per heavy atom. The number of hydrogen-bond donors (Lipinski definition) is 3. The molecular weight excluding hydrogens is 308 g/mol. The Morgan fingerprint density at radius 2 is 1.84 bits per heavy atom. The monoisotopic (exact) mass is 326 g/mol. The summed E-state index contributed by atoms with van der Waals surface area (Å²) < 4.78 is 1.02. The van der Waals surface area contributed by atoms with Crippen LogP contribution in [0.15, 0.2) is 28.7 Å². The maximum absolute atomic E-state index is 11.3. The van der Waals surface area contributed by atoms with Crippen molar-refractivity contribution in [2.75, 3.05) is 5.43 Å². The molecule has 1 saturated carbocycles. The standard InChI is InChI=1S/C14H19BrN2O2/c15-10-6-8-11(9-7-10)16-17-13-5-3-1-2-4-12(13)14(18)19/h6-9,12-13,16-17H,1-5H2,(H,18,19). The maximum Gasteiger partial charge on any atom is 0.308 e. The molecule has 1 fully saturated rings. The van der Waals surface area contributed by atoms with E-state index in [0.717, 1.165) is 42.3 Å². The molecule has 0 radical (unpaired) electrons. The molecule has 2 unspecified atom stereocenters. The molecule has 1 aromatic carbocycles. The summed E-state index contributed by atoms with van der Waals surface area (Å²) >= 11 is 3.39. The number of carboxylic acids is 1. The fourth-order valence-electron chi connectivity index (χ4n) is 2.49. The van der Waals surface area contributed by atoms with Crippen molar-refractivity contribution in [2.45, 2.75) is 38.1 Å². The summed E-state index contributed by atoms with van der Waals surface area (Å²) in [6.45, 7) is 0. The van der Waals surface area contributed by atoms with Gasteiger partial charge in [0.25, 0.3) is 0 Å².